The van der Waals surface area contributed by atoms with Crippen LogP contribution in [0.3, 0.4) is 0 Å². The molecular formula is C14H20ClN3O2S. The van der Waals surface area contributed by atoms with Gasteiger partial charge in [0.15, 0.2) is 0 Å². The van der Waals surface area contributed by atoms with Crippen LogP contribution in [-0.4, -0.2) is 47.3 Å². The number of nitrogens with two attached hydrogens (primary N) is 1. The van der Waals surface area contributed by atoms with Crippen molar-refractivity contribution in [1.82, 2.24) is 9.80 Å². The van der Waals surface area contributed by atoms with Crippen molar-refractivity contribution in [2.24, 2.45) is 5.73 Å². The Bertz CT molecular complexity index is 534. The third-order valence-corrected chi connectivity index (χ3v) is 5.12. The summed E-state index contributed by atoms with van der Waals surface area (Å²) in [5.74, 6) is -0.916. The van der Waals surface area contributed by atoms with Gasteiger partial charge in [-0.25, -0.2) is 0 Å². The molecule has 1 aliphatic rings. The molecule has 1 aromatic rings. The zero-order chi connectivity index (χ0) is 15.6. The molecule has 0 bridgehead atoms. The first-order chi connectivity index (χ1) is 9.99. The predicted octanol–water partition coefficient (Wildman–Crippen LogP) is 1.87. The summed E-state index contributed by atoms with van der Waals surface area (Å²) in [5.41, 5.74) is 6.21. The van der Waals surface area contributed by atoms with Gasteiger partial charge in [0, 0.05) is 30.6 Å². The summed E-state index contributed by atoms with van der Waals surface area (Å²) in [7, 11) is 0. The fourth-order valence-electron chi connectivity index (χ4n) is 2.56. The Hall–Kier alpha value is -1.11. The Kier molecular flexibility index (Phi) is 5.24. The largest absolute Gasteiger partial charge is 0.333 e. The zero-order valence-corrected chi connectivity index (χ0v) is 13.8. The van der Waals surface area contributed by atoms with E-state index in [4.69, 9.17) is 17.3 Å². The molecule has 2 N–H and O–H groups in total. The molecule has 2 amide bonds. The van der Waals surface area contributed by atoms with E-state index in [0.717, 1.165) is 11.3 Å². The maximum atomic E-state index is 12.4. The molecule has 2 atom stereocenters. The SMILES string of the molecule is CCC(N)C(c1ccc(Cl)s1)N1CCN(CC)C(=O)C1=O. The molecule has 1 saturated heterocycles. The summed E-state index contributed by atoms with van der Waals surface area (Å²) < 4.78 is 0.657. The lowest BCUT2D eigenvalue weighted by Crippen LogP contribution is -2.57. The maximum Gasteiger partial charge on any atom is 0.312 e. The van der Waals surface area contributed by atoms with Crippen LogP contribution in [0.2, 0.25) is 4.34 Å². The number of carbonyl (C=O) groups is 2. The minimum Gasteiger partial charge on any atom is -0.333 e. The van der Waals surface area contributed by atoms with Crippen LogP contribution >= 0.6 is 22.9 Å². The molecule has 1 aromatic heterocycles. The second kappa shape index (κ2) is 6.77. The summed E-state index contributed by atoms with van der Waals surface area (Å²) >= 11 is 7.41. The molecule has 2 unspecified atom stereocenters. The first kappa shape index (κ1) is 16.3. The lowest BCUT2D eigenvalue weighted by Gasteiger charge is -2.39. The van der Waals surface area contributed by atoms with Crippen LogP contribution in [0.25, 0.3) is 0 Å². The molecule has 2 heterocycles. The average molecular weight is 330 g/mol. The van der Waals surface area contributed by atoms with Crippen LogP contribution in [0, 0.1) is 0 Å². The summed E-state index contributed by atoms with van der Waals surface area (Å²) in [5, 5.41) is 0. The molecular weight excluding hydrogens is 310 g/mol. The molecule has 21 heavy (non-hydrogen) atoms. The third-order valence-electron chi connectivity index (χ3n) is 3.82. The number of carbonyl (C=O) groups excluding carboxylic acids is 2. The van der Waals surface area contributed by atoms with Crippen molar-refractivity contribution in [3.63, 3.8) is 0 Å². The van der Waals surface area contributed by atoms with Crippen molar-refractivity contribution in [3.8, 4) is 0 Å². The van der Waals surface area contributed by atoms with Crippen LogP contribution in [0.15, 0.2) is 12.1 Å². The summed E-state index contributed by atoms with van der Waals surface area (Å²) in [4.78, 5) is 28.6. The molecule has 0 radical (unpaired) electrons. The first-order valence-electron chi connectivity index (χ1n) is 7.10. The second-order valence-electron chi connectivity index (χ2n) is 5.04. The van der Waals surface area contributed by atoms with Gasteiger partial charge in [0.1, 0.15) is 0 Å². The van der Waals surface area contributed by atoms with Crippen molar-refractivity contribution in [1.29, 1.82) is 0 Å². The van der Waals surface area contributed by atoms with Gasteiger partial charge in [-0.1, -0.05) is 18.5 Å². The number of hydrogen-bond donors (Lipinski definition) is 1. The molecule has 7 heteroatoms. The highest BCUT2D eigenvalue weighted by Crippen LogP contribution is 2.34. The van der Waals surface area contributed by atoms with E-state index >= 15 is 0 Å². The van der Waals surface area contributed by atoms with Gasteiger partial charge in [0.25, 0.3) is 0 Å². The van der Waals surface area contributed by atoms with Crippen LogP contribution in [0.4, 0.5) is 0 Å². The number of thiophene rings is 1. The van der Waals surface area contributed by atoms with E-state index in [9.17, 15) is 9.59 Å². The van der Waals surface area contributed by atoms with Crippen LogP contribution in [0.1, 0.15) is 31.2 Å². The highest BCUT2D eigenvalue weighted by Gasteiger charge is 2.38. The van der Waals surface area contributed by atoms with E-state index in [2.05, 4.69) is 0 Å². The van der Waals surface area contributed by atoms with Gasteiger partial charge in [0.05, 0.1) is 10.4 Å². The van der Waals surface area contributed by atoms with E-state index in [1.807, 2.05) is 19.9 Å². The molecule has 0 aromatic carbocycles. The number of halogens is 1. The molecule has 1 fully saturated rings. The van der Waals surface area contributed by atoms with Gasteiger partial charge < -0.3 is 15.5 Å². The second-order valence-corrected chi connectivity index (χ2v) is 6.79. The number of hydrogen-bond acceptors (Lipinski definition) is 4. The Balaban J connectivity index is 2.30. The first-order valence-corrected chi connectivity index (χ1v) is 8.29. The van der Waals surface area contributed by atoms with Gasteiger partial charge >= 0.3 is 11.8 Å². The van der Waals surface area contributed by atoms with E-state index in [-0.39, 0.29) is 12.1 Å². The van der Waals surface area contributed by atoms with E-state index in [0.29, 0.717) is 24.0 Å². The number of nitrogens with zero attached hydrogens (tertiary/aromatic N) is 2. The normalized spacial score (nSPS) is 19.0. The zero-order valence-electron chi connectivity index (χ0n) is 12.2. The highest BCUT2D eigenvalue weighted by molar-refractivity contribution is 7.16. The smallest absolute Gasteiger partial charge is 0.312 e. The summed E-state index contributed by atoms with van der Waals surface area (Å²) in [6, 6.07) is 3.18. The average Bonchev–Trinajstić information content (AvgIpc) is 2.90. The Morgan fingerprint density at radius 3 is 2.52 bits per heavy atom. The number of rotatable bonds is 5. The maximum absolute atomic E-state index is 12.4. The van der Waals surface area contributed by atoms with Gasteiger partial charge in [-0.3, -0.25) is 9.59 Å². The number of piperazine rings is 1. The van der Waals surface area contributed by atoms with Crippen LogP contribution < -0.4 is 5.73 Å². The van der Waals surface area contributed by atoms with Crippen LogP contribution in [0.5, 0.6) is 0 Å². The van der Waals surface area contributed by atoms with Gasteiger partial charge in [-0.15, -0.1) is 11.3 Å². The molecule has 5 nitrogen and oxygen atoms in total. The standard InChI is InChI=1S/C14H20ClN3O2S/c1-3-9(16)12(10-5-6-11(15)21-10)18-8-7-17(4-2)13(19)14(18)20/h5-6,9,12H,3-4,7-8,16H2,1-2H3. The molecule has 2 rings (SSSR count). The fraction of sp³-hybridized carbons (Fsp3) is 0.571. The molecule has 0 spiro atoms. The predicted molar refractivity (Wildman–Crippen MR) is 84.3 cm³/mol. The van der Waals surface area contributed by atoms with E-state index in [1.54, 1.807) is 15.9 Å². The van der Waals surface area contributed by atoms with Crippen molar-refractivity contribution in [2.75, 3.05) is 19.6 Å². The minimum atomic E-state index is -0.471. The molecule has 116 valence electrons. The van der Waals surface area contributed by atoms with Gasteiger partial charge in [0.2, 0.25) is 0 Å². The lowest BCUT2D eigenvalue weighted by atomic mass is 10.0. The fourth-order valence-corrected chi connectivity index (χ4v) is 3.81. The van der Waals surface area contributed by atoms with Crippen molar-refractivity contribution < 1.29 is 9.59 Å². The summed E-state index contributed by atoms with van der Waals surface area (Å²) in [6.45, 7) is 5.45. The Morgan fingerprint density at radius 2 is 2.00 bits per heavy atom. The van der Waals surface area contributed by atoms with Crippen molar-refractivity contribution in [3.05, 3.63) is 21.3 Å². The van der Waals surface area contributed by atoms with E-state index < -0.39 is 11.8 Å². The quantitative estimate of drug-likeness (QED) is 0.839. The minimum absolute atomic E-state index is 0.218. The number of amides is 2. The van der Waals surface area contributed by atoms with Gasteiger partial charge in [-0.2, -0.15) is 0 Å². The lowest BCUT2D eigenvalue weighted by molar-refractivity contribution is -0.158. The number of likely N-dealkylation sites (N-methyl/N-ethyl adjacent to an activating group) is 1. The van der Waals surface area contributed by atoms with E-state index in [1.165, 1.54) is 11.3 Å². The monoisotopic (exact) mass is 329 g/mol. The summed E-state index contributed by atoms with van der Waals surface area (Å²) in [6.07, 6.45) is 0.718. The topological polar surface area (TPSA) is 66.6 Å². The molecule has 1 aliphatic heterocycles. The third kappa shape index (κ3) is 3.22. The van der Waals surface area contributed by atoms with Crippen molar-refractivity contribution in [2.45, 2.75) is 32.4 Å². The highest BCUT2D eigenvalue weighted by atomic mass is 35.5. The Labute approximate surface area is 133 Å². The van der Waals surface area contributed by atoms with Crippen molar-refractivity contribution >= 4 is 34.8 Å². The Morgan fingerprint density at radius 1 is 1.29 bits per heavy atom. The molecule has 0 aliphatic carbocycles. The van der Waals surface area contributed by atoms with Gasteiger partial charge in [-0.05, 0) is 25.5 Å². The molecule has 0 saturated carbocycles. The van der Waals surface area contributed by atoms with Crippen LogP contribution in [-0.2, 0) is 9.59 Å².